The number of benzene rings is 2. The predicted molar refractivity (Wildman–Crippen MR) is 141 cm³/mol. The predicted octanol–water partition coefficient (Wildman–Crippen LogP) is 5.43. The number of hydrogen-bond donors (Lipinski definition) is 0. The molecule has 6 heteroatoms. The minimum Gasteiger partial charge on any atom is -0.497 e. The van der Waals surface area contributed by atoms with E-state index in [0.717, 1.165) is 34.3 Å². The van der Waals surface area contributed by atoms with Crippen LogP contribution in [0, 0.1) is 0 Å². The van der Waals surface area contributed by atoms with E-state index >= 15 is 0 Å². The Morgan fingerprint density at radius 1 is 1.06 bits per heavy atom. The van der Waals surface area contributed by atoms with Gasteiger partial charge in [-0.25, -0.2) is 0 Å². The van der Waals surface area contributed by atoms with Crippen LogP contribution < -0.4 is 4.74 Å². The first-order valence-corrected chi connectivity index (χ1v) is 13.0. The number of amides is 1. The summed E-state index contributed by atoms with van der Waals surface area (Å²) in [7, 11) is 1.67. The summed E-state index contributed by atoms with van der Waals surface area (Å²) in [6.45, 7) is 2.80. The van der Waals surface area contributed by atoms with Gasteiger partial charge in [0.25, 0.3) is 5.91 Å². The molecule has 0 radical (unpaired) electrons. The Balaban J connectivity index is 1.60. The van der Waals surface area contributed by atoms with Gasteiger partial charge in [0.15, 0.2) is 0 Å². The highest BCUT2D eigenvalue weighted by atomic mass is 16.5. The van der Waals surface area contributed by atoms with Crippen LogP contribution in [0.15, 0.2) is 42.0 Å². The van der Waals surface area contributed by atoms with Gasteiger partial charge in [-0.05, 0) is 60.2 Å². The smallest absolute Gasteiger partial charge is 0.251 e. The molecule has 3 aromatic rings. The number of nitrogens with zero attached hydrogens (tertiary/aromatic N) is 2. The summed E-state index contributed by atoms with van der Waals surface area (Å²) < 4.78 is 13.3. The Labute approximate surface area is 211 Å². The molecule has 1 saturated heterocycles. The molecule has 6 rings (SSSR count). The summed E-state index contributed by atoms with van der Waals surface area (Å²) in [5.41, 5.74) is 7.08. The number of morpholine rings is 1. The Hall–Kier alpha value is -3.38. The second-order valence-corrected chi connectivity index (χ2v) is 10.1. The summed E-state index contributed by atoms with van der Waals surface area (Å²) >= 11 is 0. The zero-order valence-electron chi connectivity index (χ0n) is 20.8. The maximum atomic E-state index is 13.7. The van der Waals surface area contributed by atoms with Crippen LogP contribution in [0.25, 0.3) is 28.2 Å². The first-order chi connectivity index (χ1) is 17.7. The van der Waals surface area contributed by atoms with Gasteiger partial charge in [0, 0.05) is 40.7 Å². The fourth-order valence-corrected chi connectivity index (χ4v) is 6.23. The molecule has 2 fully saturated rings. The second kappa shape index (κ2) is 9.58. The average molecular weight is 485 g/mol. The molecule has 3 heterocycles. The summed E-state index contributed by atoms with van der Waals surface area (Å²) in [6.07, 6.45) is 9.04. The van der Waals surface area contributed by atoms with Crippen molar-refractivity contribution >= 4 is 29.2 Å². The number of aldehydes is 1. The van der Waals surface area contributed by atoms with E-state index in [-0.39, 0.29) is 5.91 Å². The van der Waals surface area contributed by atoms with Crippen LogP contribution in [-0.4, -0.2) is 55.1 Å². The van der Waals surface area contributed by atoms with Crippen molar-refractivity contribution in [1.29, 1.82) is 0 Å². The van der Waals surface area contributed by atoms with Crippen LogP contribution in [0.2, 0.25) is 0 Å². The Morgan fingerprint density at radius 2 is 1.86 bits per heavy atom. The van der Waals surface area contributed by atoms with E-state index in [1.165, 1.54) is 48.7 Å². The second-order valence-electron chi connectivity index (χ2n) is 10.1. The third kappa shape index (κ3) is 3.94. The van der Waals surface area contributed by atoms with Crippen molar-refractivity contribution in [3.05, 3.63) is 58.7 Å². The third-order valence-corrected chi connectivity index (χ3v) is 8.02. The van der Waals surface area contributed by atoms with Crippen molar-refractivity contribution in [2.45, 2.75) is 44.6 Å². The molecular weight excluding hydrogens is 452 g/mol. The fourth-order valence-electron chi connectivity index (χ4n) is 6.23. The van der Waals surface area contributed by atoms with Gasteiger partial charge < -0.3 is 18.9 Å². The van der Waals surface area contributed by atoms with E-state index in [4.69, 9.17) is 9.47 Å². The van der Waals surface area contributed by atoms with Crippen molar-refractivity contribution in [1.82, 2.24) is 9.47 Å². The number of carbonyl (C=O) groups excluding carboxylic acids is 2. The first-order valence-electron chi connectivity index (χ1n) is 13.0. The molecule has 0 bridgehead atoms. The van der Waals surface area contributed by atoms with Crippen LogP contribution in [0.1, 0.15) is 59.5 Å². The summed E-state index contributed by atoms with van der Waals surface area (Å²) in [4.78, 5) is 27.4. The molecule has 1 aliphatic carbocycles. The molecule has 1 amide bonds. The molecule has 1 aromatic heterocycles. The van der Waals surface area contributed by atoms with E-state index in [9.17, 15) is 9.59 Å². The number of ether oxygens (including phenoxy) is 2. The summed E-state index contributed by atoms with van der Waals surface area (Å²) in [5, 5.41) is 1.20. The van der Waals surface area contributed by atoms with E-state index in [1.54, 1.807) is 7.11 Å². The average Bonchev–Trinajstić information content (AvgIpc) is 3.15. The van der Waals surface area contributed by atoms with Crippen molar-refractivity contribution in [3.8, 4) is 17.0 Å². The minimum absolute atomic E-state index is 0.0486. The highest BCUT2D eigenvalue weighted by molar-refractivity contribution is 6.03. The van der Waals surface area contributed by atoms with Crippen molar-refractivity contribution in [3.63, 3.8) is 0 Å². The third-order valence-electron chi connectivity index (χ3n) is 8.02. The van der Waals surface area contributed by atoms with E-state index in [2.05, 4.69) is 16.7 Å². The lowest BCUT2D eigenvalue weighted by Crippen LogP contribution is -2.41. The molecule has 0 spiro atoms. The Morgan fingerprint density at radius 3 is 2.61 bits per heavy atom. The van der Waals surface area contributed by atoms with Gasteiger partial charge >= 0.3 is 0 Å². The standard InChI is InChI=1S/C30H32N2O4/c1-35-24-8-10-25-22(17-24)16-23(30(34)31-11-13-36-14-12-31)18-32-27-15-20(19-33)7-9-26(27)28(29(25)32)21-5-3-2-4-6-21/h7-10,15-17,19,21H,2-6,11-14,18H2,1H3. The lowest BCUT2D eigenvalue weighted by molar-refractivity contribution is -0.131. The Bertz CT molecular complexity index is 1360. The number of methoxy groups -OCH3 is 1. The fraction of sp³-hybridized carbons (Fsp3) is 0.400. The van der Waals surface area contributed by atoms with Gasteiger partial charge in [0.1, 0.15) is 12.0 Å². The monoisotopic (exact) mass is 484 g/mol. The van der Waals surface area contributed by atoms with Crippen molar-refractivity contribution in [2.75, 3.05) is 33.4 Å². The van der Waals surface area contributed by atoms with Gasteiger partial charge in [0.05, 0.1) is 32.6 Å². The minimum atomic E-state index is 0.0486. The molecule has 3 aliphatic rings. The normalized spacial score (nSPS) is 18.2. The van der Waals surface area contributed by atoms with Crippen LogP contribution in [0.3, 0.4) is 0 Å². The maximum Gasteiger partial charge on any atom is 0.251 e. The number of aromatic nitrogens is 1. The number of carbonyl (C=O) groups is 2. The largest absolute Gasteiger partial charge is 0.497 e. The zero-order chi connectivity index (χ0) is 24.6. The molecular formula is C30H32N2O4. The lowest BCUT2D eigenvalue weighted by atomic mass is 9.81. The van der Waals surface area contributed by atoms with E-state index in [1.807, 2.05) is 35.2 Å². The molecule has 0 N–H and O–H groups in total. The topological polar surface area (TPSA) is 60.8 Å². The lowest BCUT2D eigenvalue weighted by Gasteiger charge is -2.28. The number of rotatable bonds is 4. The molecule has 0 unspecified atom stereocenters. The van der Waals surface area contributed by atoms with Crippen LogP contribution in [0.5, 0.6) is 5.75 Å². The van der Waals surface area contributed by atoms with Crippen LogP contribution in [0.4, 0.5) is 0 Å². The molecule has 0 atom stereocenters. The number of hydrogen-bond acceptors (Lipinski definition) is 4. The highest BCUT2D eigenvalue weighted by Gasteiger charge is 2.31. The first kappa shape index (κ1) is 23.0. The van der Waals surface area contributed by atoms with E-state index in [0.29, 0.717) is 44.3 Å². The van der Waals surface area contributed by atoms with Crippen molar-refractivity contribution in [2.24, 2.45) is 0 Å². The molecule has 186 valence electrons. The van der Waals surface area contributed by atoms with Gasteiger partial charge in [-0.1, -0.05) is 31.4 Å². The number of fused-ring (bicyclic) bond motifs is 5. The van der Waals surface area contributed by atoms with Gasteiger partial charge in [-0.3, -0.25) is 9.59 Å². The van der Waals surface area contributed by atoms with Gasteiger partial charge in [-0.2, -0.15) is 0 Å². The molecule has 2 aromatic carbocycles. The SMILES string of the molecule is COc1ccc2c(c1)C=C(C(=O)N1CCOCC1)Cn1c-2c(C2CCCCC2)c2ccc(C=O)cc21. The van der Waals surface area contributed by atoms with E-state index < -0.39 is 0 Å². The van der Waals surface area contributed by atoms with Crippen LogP contribution in [-0.2, 0) is 16.1 Å². The molecule has 2 aliphatic heterocycles. The molecule has 6 nitrogen and oxygen atoms in total. The van der Waals surface area contributed by atoms with Gasteiger partial charge in [-0.15, -0.1) is 0 Å². The Kier molecular flexibility index (Phi) is 6.13. The van der Waals surface area contributed by atoms with Gasteiger partial charge in [0.2, 0.25) is 0 Å². The zero-order valence-corrected chi connectivity index (χ0v) is 20.8. The molecule has 36 heavy (non-hydrogen) atoms. The maximum absolute atomic E-state index is 13.7. The summed E-state index contributed by atoms with van der Waals surface area (Å²) in [5.74, 6) is 1.29. The molecule has 1 saturated carbocycles. The summed E-state index contributed by atoms with van der Waals surface area (Å²) in [6, 6.07) is 12.2. The quantitative estimate of drug-likeness (QED) is 0.463. The van der Waals surface area contributed by atoms with Crippen molar-refractivity contribution < 1.29 is 19.1 Å². The highest BCUT2D eigenvalue weighted by Crippen LogP contribution is 2.47. The van der Waals surface area contributed by atoms with Crippen LogP contribution >= 0.6 is 0 Å².